The Bertz CT molecular complexity index is 1720. The number of benzene rings is 2. The molecule has 6 rings (SSSR count). The lowest BCUT2D eigenvalue weighted by Gasteiger charge is -2.44. The molecule has 0 N–H and O–H groups in total. The van der Waals surface area contributed by atoms with Gasteiger partial charge in [-0.3, -0.25) is 9.36 Å². The number of carbonyl (C=O) groups excluding carboxylic acids is 1. The largest absolute Gasteiger partial charge is 0.417 e. The van der Waals surface area contributed by atoms with E-state index in [1.54, 1.807) is 9.80 Å². The predicted octanol–water partition coefficient (Wildman–Crippen LogP) is 5.87. The SMILES string of the molecule is C=CC(=O)N1C[C@H](C)N(c2nc(=O)n3c4c(c(-c5ccc(F)cc5F)c(C(F)(F)F)cc24)SCC2(CCOCC2)C3)C[C@H]1C. The number of nitrogens with zero attached hydrogens (tertiary/aromatic N) is 4. The van der Waals surface area contributed by atoms with E-state index in [2.05, 4.69) is 11.6 Å². The molecular weight excluding hydrogens is 603 g/mol. The molecular formula is C31H31F5N4O3S. The van der Waals surface area contributed by atoms with Crippen molar-refractivity contribution >= 4 is 34.4 Å². The van der Waals surface area contributed by atoms with Gasteiger partial charge in [0.1, 0.15) is 17.5 Å². The minimum absolute atomic E-state index is 0.0766. The number of halogens is 5. The van der Waals surface area contributed by atoms with Gasteiger partial charge in [0, 0.05) is 83.6 Å². The molecule has 4 heterocycles. The fourth-order valence-electron chi connectivity index (χ4n) is 6.64. The van der Waals surface area contributed by atoms with Gasteiger partial charge in [-0.05, 0) is 51.0 Å². The molecule has 2 atom stereocenters. The summed E-state index contributed by atoms with van der Waals surface area (Å²) in [5, 5.41) is 0.109. The van der Waals surface area contributed by atoms with Crippen molar-refractivity contribution in [3.63, 3.8) is 0 Å². The Balaban J connectivity index is 1.66. The fourth-order valence-corrected chi connectivity index (χ4v) is 8.19. The van der Waals surface area contributed by atoms with Crippen LogP contribution < -0.4 is 10.6 Å². The van der Waals surface area contributed by atoms with Crippen molar-refractivity contribution in [3.8, 4) is 11.1 Å². The summed E-state index contributed by atoms with van der Waals surface area (Å²) in [6, 6.07) is 2.70. The van der Waals surface area contributed by atoms with Crippen molar-refractivity contribution in [2.75, 3.05) is 37.0 Å². The number of ether oxygens (including phenoxy) is 1. The van der Waals surface area contributed by atoms with Crippen LogP contribution in [0.2, 0.25) is 0 Å². The average Bonchev–Trinajstić information content (AvgIpc) is 3.13. The predicted molar refractivity (Wildman–Crippen MR) is 158 cm³/mol. The summed E-state index contributed by atoms with van der Waals surface area (Å²) in [6.07, 6.45) is -2.53. The van der Waals surface area contributed by atoms with Crippen LogP contribution in [-0.2, 0) is 22.3 Å². The van der Waals surface area contributed by atoms with Crippen molar-refractivity contribution in [1.82, 2.24) is 14.5 Å². The Morgan fingerprint density at radius 2 is 1.86 bits per heavy atom. The minimum atomic E-state index is -4.92. The van der Waals surface area contributed by atoms with Crippen LogP contribution in [0.5, 0.6) is 0 Å². The van der Waals surface area contributed by atoms with Gasteiger partial charge in [0.15, 0.2) is 0 Å². The summed E-state index contributed by atoms with van der Waals surface area (Å²) in [6.45, 7) is 8.73. The Hall–Kier alpha value is -3.45. The highest BCUT2D eigenvalue weighted by Gasteiger charge is 2.43. The van der Waals surface area contributed by atoms with E-state index in [0.29, 0.717) is 37.9 Å². The topological polar surface area (TPSA) is 67.7 Å². The third-order valence-corrected chi connectivity index (χ3v) is 10.4. The number of anilines is 1. The van der Waals surface area contributed by atoms with Gasteiger partial charge in [0.25, 0.3) is 0 Å². The average molecular weight is 635 g/mol. The second-order valence-corrected chi connectivity index (χ2v) is 12.9. The highest BCUT2D eigenvalue weighted by atomic mass is 32.2. The minimum Gasteiger partial charge on any atom is -0.381 e. The first-order chi connectivity index (χ1) is 20.8. The van der Waals surface area contributed by atoms with E-state index in [9.17, 15) is 27.2 Å². The van der Waals surface area contributed by atoms with Gasteiger partial charge in [-0.25, -0.2) is 13.6 Å². The van der Waals surface area contributed by atoms with Crippen LogP contribution in [0.3, 0.4) is 0 Å². The molecule has 0 radical (unpaired) electrons. The number of piperazine rings is 1. The van der Waals surface area contributed by atoms with Crippen LogP contribution in [0.15, 0.2) is 46.6 Å². The quantitative estimate of drug-likeness (QED) is 0.265. The van der Waals surface area contributed by atoms with Crippen molar-refractivity contribution < 1.29 is 31.5 Å². The monoisotopic (exact) mass is 634 g/mol. The molecule has 7 nitrogen and oxygen atoms in total. The zero-order valence-corrected chi connectivity index (χ0v) is 25.0. The molecule has 0 aliphatic carbocycles. The van der Waals surface area contributed by atoms with Crippen molar-refractivity contribution in [3.05, 3.63) is 64.6 Å². The molecule has 3 aromatic rings. The van der Waals surface area contributed by atoms with Gasteiger partial charge >= 0.3 is 11.9 Å². The van der Waals surface area contributed by atoms with Crippen molar-refractivity contribution in [2.45, 2.75) is 56.4 Å². The molecule has 234 valence electrons. The molecule has 1 spiro atoms. The van der Waals surface area contributed by atoms with Gasteiger partial charge < -0.3 is 14.5 Å². The third kappa shape index (κ3) is 5.17. The Kier molecular flexibility index (Phi) is 7.76. The first kappa shape index (κ1) is 30.6. The van der Waals surface area contributed by atoms with E-state index in [1.807, 2.05) is 13.8 Å². The number of carbonyl (C=O) groups is 1. The van der Waals surface area contributed by atoms with Crippen LogP contribution in [0.4, 0.5) is 27.8 Å². The third-order valence-electron chi connectivity index (χ3n) is 8.99. The zero-order valence-electron chi connectivity index (χ0n) is 24.2. The molecule has 3 aliphatic rings. The van der Waals surface area contributed by atoms with Crippen LogP contribution in [-0.4, -0.2) is 64.5 Å². The smallest absolute Gasteiger partial charge is 0.381 e. The Labute approximate surface area is 254 Å². The van der Waals surface area contributed by atoms with Crippen molar-refractivity contribution in [1.29, 1.82) is 0 Å². The number of amides is 1. The fraction of sp³-hybridized carbons (Fsp3) is 0.452. The van der Waals surface area contributed by atoms with E-state index >= 15 is 4.39 Å². The molecule has 0 bridgehead atoms. The van der Waals surface area contributed by atoms with E-state index in [4.69, 9.17) is 4.74 Å². The maximum atomic E-state index is 15.3. The van der Waals surface area contributed by atoms with Gasteiger partial charge in [0.2, 0.25) is 5.91 Å². The molecule has 1 aromatic heterocycles. The van der Waals surface area contributed by atoms with E-state index < -0.39 is 51.6 Å². The van der Waals surface area contributed by atoms with Crippen LogP contribution in [0, 0.1) is 17.0 Å². The van der Waals surface area contributed by atoms with E-state index in [1.165, 1.54) is 10.6 Å². The first-order valence-electron chi connectivity index (χ1n) is 14.4. The summed E-state index contributed by atoms with van der Waals surface area (Å²) < 4.78 is 81.1. The van der Waals surface area contributed by atoms with Gasteiger partial charge in [0.05, 0.1) is 11.1 Å². The molecule has 2 fully saturated rings. The molecule has 1 amide bonds. The second kappa shape index (κ2) is 11.2. The normalized spacial score (nSPS) is 21.9. The van der Waals surface area contributed by atoms with Crippen molar-refractivity contribution in [2.24, 2.45) is 5.41 Å². The number of rotatable bonds is 3. The maximum absolute atomic E-state index is 15.3. The second-order valence-electron chi connectivity index (χ2n) is 11.9. The lowest BCUT2D eigenvalue weighted by Crippen LogP contribution is -2.58. The molecule has 44 heavy (non-hydrogen) atoms. The molecule has 13 heteroatoms. The summed E-state index contributed by atoms with van der Waals surface area (Å²) in [4.78, 5) is 34.2. The molecule has 0 saturated carbocycles. The molecule has 2 aromatic carbocycles. The van der Waals surface area contributed by atoms with Gasteiger partial charge in [-0.1, -0.05) is 6.58 Å². The van der Waals surface area contributed by atoms with Gasteiger partial charge in [-0.2, -0.15) is 18.2 Å². The number of thioether (sulfide) groups is 1. The summed E-state index contributed by atoms with van der Waals surface area (Å²) in [7, 11) is 0. The highest BCUT2D eigenvalue weighted by molar-refractivity contribution is 7.99. The maximum Gasteiger partial charge on any atom is 0.417 e. The highest BCUT2D eigenvalue weighted by Crippen LogP contribution is 2.51. The standard InChI is InChI=1S/C31H31F5N4O3S/c1-4-24(41)38-13-18(3)39(14-17(38)2)28-21-12-22(31(34,35)36)25(20-6-5-19(32)11-23(20)33)27-26(21)40(29(42)37-28)15-30(16-44-27)7-9-43-10-8-30/h4-6,11-12,17-18H,1,7-10,13-16H2,2-3H3/t17-,18+/m1/s1. The van der Waals surface area contributed by atoms with E-state index in [-0.39, 0.29) is 53.2 Å². The zero-order chi connectivity index (χ0) is 31.6. The molecule has 2 saturated heterocycles. The molecule has 0 unspecified atom stereocenters. The summed E-state index contributed by atoms with van der Waals surface area (Å²) >= 11 is 1.16. The summed E-state index contributed by atoms with van der Waals surface area (Å²) in [5.41, 5.74) is -2.78. The van der Waals surface area contributed by atoms with Crippen LogP contribution in [0.25, 0.3) is 22.0 Å². The molecule has 3 aliphatic heterocycles. The number of hydrogen-bond acceptors (Lipinski definition) is 6. The Morgan fingerprint density at radius 1 is 1.14 bits per heavy atom. The van der Waals surface area contributed by atoms with Crippen LogP contribution >= 0.6 is 11.8 Å². The Morgan fingerprint density at radius 3 is 2.52 bits per heavy atom. The lowest BCUT2D eigenvalue weighted by atomic mass is 9.82. The number of alkyl halides is 3. The van der Waals surface area contributed by atoms with Gasteiger partial charge in [-0.15, -0.1) is 11.8 Å². The lowest BCUT2D eigenvalue weighted by molar-refractivity contribution is -0.137. The number of aromatic nitrogens is 2. The van der Waals surface area contributed by atoms with Crippen LogP contribution in [0.1, 0.15) is 32.3 Å². The summed E-state index contributed by atoms with van der Waals surface area (Å²) in [5.74, 6) is -1.87. The number of hydrogen-bond donors (Lipinski definition) is 0. The van der Waals surface area contributed by atoms with E-state index in [0.717, 1.165) is 30.0 Å². The first-order valence-corrected chi connectivity index (χ1v) is 15.4.